The lowest BCUT2D eigenvalue weighted by atomic mass is 10.1. The molecule has 3 heterocycles. The van der Waals surface area contributed by atoms with E-state index in [0.717, 1.165) is 53.1 Å². The maximum absolute atomic E-state index is 12.7. The van der Waals surface area contributed by atoms with E-state index in [4.69, 9.17) is 9.47 Å². The van der Waals surface area contributed by atoms with Crippen molar-refractivity contribution in [2.75, 3.05) is 18.5 Å². The van der Waals surface area contributed by atoms with Crippen molar-refractivity contribution in [1.82, 2.24) is 9.97 Å². The number of aromatic nitrogens is 2. The molecule has 5 rings (SSSR count). The van der Waals surface area contributed by atoms with Gasteiger partial charge < -0.3 is 14.5 Å². The zero-order valence-electron chi connectivity index (χ0n) is 17.2. The van der Waals surface area contributed by atoms with Gasteiger partial charge in [-0.1, -0.05) is 18.2 Å². The average molecular weight is 434 g/mol. The first-order valence-electron chi connectivity index (χ1n) is 10.4. The minimum absolute atomic E-state index is 0.169. The van der Waals surface area contributed by atoms with Gasteiger partial charge in [-0.25, -0.2) is 4.98 Å². The molecule has 2 aromatic heterocycles. The Bertz CT molecular complexity index is 1210. The van der Waals surface area contributed by atoms with Crippen LogP contribution in [0.3, 0.4) is 0 Å². The fourth-order valence-electron chi connectivity index (χ4n) is 3.89. The molecule has 0 spiro atoms. The molecule has 1 aliphatic heterocycles. The first-order valence-corrected chi connectivity index (χ1v) is 11.2. The average Bonchev–Trinajstić information content (AvgIpc) is 3.52. The summed E-state index contributed by atoms with van der Waals surface area (Å²) in [6.07, 6.45) is 2.29. The number of H-pyrrole nitrogens is 1. The van der Waals surface area contributed by atoms with Gasteiger partial charge >= 0.3 is 0 Å². The number of rotatable bonds is 6. The highest BCUT2D eigenvalue weighted by atomic mass is 32.1. The van der Waals surface area contributed by atoms with Crippen molar-refractivity contribution in [2.24, 2.45) is 0 Å². The van der Waals surface area contributed by atoms with Crippen molar-refractivity contribution in [1.29, 1.82) is 0 Å². The minimum Gasteiger partial charge on any atom is -0.491 e. The number of aromatic amines is 1. The van der Waals surface area contributed by atoms with E-state index in [0.29, 0.717) is 17.3 Å². The zero-order valence-corrected chi connectivity index (χ0v) is 18.0. The molecule has 0 radical (unpaired) electrons. The molecule has 1 aliphatic rings. The first-order chi connectivity index (χ1) is 15.2. The third-order valence-corrected chi connectivity index (χ3v) is 6.21. The topological polar surface area (TPSA) is 76.2 Å². The van der Waals surface area contributed by atoms with Gasteiger partial charge in [0.1, 0.15) is 12.4 Å². The van der Waals surface area contributed by atoms with Crippen LogP contribution in [0.4, 0.5) is 5.13 Å². The third-order valence-electron chi connectivity index (χ3n) is 5.45. The van der Waals surface area contributed by atoms with Gasteiger partial charge in [0, 0.05) is 39.7 Å². The number of para-hydroxylation sites is 1. The molecule has 4 aromatic rings. The maximum Gasteiger partial charge on any atom is 0.257 e. The number of aryl methyl sites for hydroxylation is 1. The highest BCUT2D eigenvalue weighted by Gasteiger charge is 2.17. The summed E-state index contributed by atoms with van der Waals surface area (Å²) >= 11 is 1.42. The molecule has 2 aromatic carbocycles. The van der Waals surface area contributed by atoms with Crippen molar-refractivity contribution < 1.29 is 14.3 Å². The number of hydrogen-bond donors (Lipinski definition) is 2. The molecule has 1 saturated heterocycles. The second-order valence-electron chi connectivity index (χ2n) is 7.63. The van der Waals surface area contributed by atoms with Gasteiger partial charge in [-0.2, -0.15) is 0 Å². The Morgan fingerprint density at radius 1 is 1.26 bits per heavy atom. The smallest absolute Gasteiger partial charge is 0.257 e. The molecule has 0 bridgehead atoms. The standard InChI is InChI=1S/C24H23N3O3S/c1-15-22(19-6-2-3-7-20(19)25-15)21-14-31-24(26-21)27-23(28)16-8-10-17(11-9-16)30-13-18-5-4-12-29-18/h2-3,6-11,14,18,25H,4-5,12-13H2,1H3,(H,26,27,28). The number of hydrogen-bond acceptors (Lipinski definition) is 5. The predicted molar refractivity (Wildman–Crippen MR) is 123 cm³/mol. The zero-order chi connectivity index (χ0) is 21.2. The number of anilines is 1. The van der Waals surface area contributed by atoms with E-state index in [1.165, 1.54) is 11.3 Å². The Labute approximate surface area is 184 Å². The number of benzene rings is 2. The molecular formula is C24H23N3O3S. The Balaban J connectivity index is 1.26. The number of carbonyl (C=O) groups excluding carboxylic acids is 1. The fraction of sp³-hybridized carbons (Fsp3) is 0.250. The summed E-state index contributed by atoms with van der Waals surface area (Å²) in [7, 11) is 0. The van der Waals surface area contributed by atoms with Gasteiger partial charge in [-0.3, -0.25) is 10.1 Å². The Morgan fingerprint density at radius 2 is 2.10 bits per heavy atom. The van der Waals surface area contributed by atoms with Crippen LogP contribution < -0.4 is 10.1 Å². The van der Waals surface area contributed by atoms with E-state index in [2.05, 4.69) is 27.4 Å². The number of thiazole rings is 1. The number of ether oxygens (including phenoxy) is 2. The van der Waals surface area contributed by atoms with Crippen LogP contribution in [-0.4, -0.2) is 35.2 Å². The van der Waals surface area contributed by atoms with E-state index in [9.17, 15) is 4.79 Å². The first kappa shape index (κ1) is 19.8. The van der Waals surface area contributed by atoms with Crippen LogP contribution in [-0.2, 0) is 4.74 Å². The number of nitrogens with zero attached hydrogens (tertiary/aromatic N) is 1. The molecule has 0 saturated carbocycles. The lowest BCUT2D eigenvalue weighted by Crippen LogP contribution is -2.16. The van der Waals surface area contributed by atoms with E-state index in [-0.39, 0.29) is 12.0 Å². The van der Waals surface area contributed by atoms with Crippen LogP contribution in [0.1, 0.15) is 28.9 Å². The van der Waals surface area contributed by atoms with E-state index >= 15 is 0 Å². The molecule has 1 fully saturated rings. The van der Waals surface area contributed by atoms with Crippen molar-refractivity contribution in [3.8, 4) is 17.0 Å². The van der Waals surface area contributed by atoms with Crippen LogP contribution in [0.2, 0.25) is 0 Å². The lowest BCUT2D eigenvalue weighted by molar-refractivity contribution is 0.0679. The second kappa shape index (κ2) is 8.53. The van der Waals surface area contributed by atoms with Gasteiger partial charge in [-0.05, 0) is 50.1 Å². The van der Waals surface area contributed by atoms with Gasteiger partial charge in [0.2, 0.25) is 0 Å². The quantitative estimate of drug-likeness (QED) is 0.426. The summed E-state index contributed by atoms with van der Waals surface area (Å²) in [6.45, 7) is 3.39. The van der Waals surface area contributed by atoms with Crippen LogP contribution in [0.5, 0.6) is 5.75 Å². The maximum atomic E-state index is 12.7. The predicted octanol–water partition coefficient (Wildman–Crippen LogP) is 5.41. The summed E-state index contributed by atoms with van der Waals surface area (Å²) in [5, 5.41) is 6.57. The Kier molecular flexibility index (Phi) is 5.44. The van der Waals surface area contributed by atoms with E-state index < -0.39 is 0 Å². The molecule has 6 nitrogen and oxygen atoms in total. The SMILES string of the molecule is Cc1[nH]c2ccccc2c1-c1csc(NC(=O)c2ccc(OCC3CCCO3)cc2)n1. The van der Waals surface area contributed by atoms with E-state index in [1.54, 1.807) is 12.1 Å². The molecular weight excluding hydrogens is 410 g/mol. The molecule has 2 N–H and O–H groups in total. The summed E-state index contributed by atoms with van der Waals surface area (Å²) in [5.41, 5.74) is 4.62. The van der Waals surface area contributed by atoms with Crippen molar-refractivity contribution >= 4 is 33.3 Å². The van der Waals surface area contributed by atoms with Gasteiger partial charge in [-0.15, -0.1) is 11.3 Å². The number of carbonyl (C=O) groups is 1. The van der Waals surface area contributed by atoms with Crippen LogP contribution in [0.25, 0.3) is 22.2 Å². The second-order valence-corrected chi connectivity index (χ2v) is 8.49. The van der Waals surface area contributed by atoms with Gasteiger partial charge in [0.05, 0.1) is 11.8 Å². The number of nitrogens with one attached hydrogen (secondary N) is 2. The molecule has 1 unspecified atom stereocenters. The van der Waals surface area contributed by atoms with Crippen molar-refractivity contribution in [3.63, 3.8) is 0 Å². The lowest BCUT2D eigenvalue weighted by Gasteiger charge is -2.11. The Morgan fingerprint density at radius 3 is 2.90 bits per heavy atom. The van der Waals surface area contributed by atoms with Gasteiger partial charge in [0.25, 0.3) is 5.91 Å². The summed E-state index contributed by atoms with van der Waals surface area (Å²) < 4.78 is 11.3. The molecule has 7 heteroatoms. The fourth-order valence-corrected chi connectivity index (χ4v) is 4.59. The minimum atomic E-state index is -0.192. The van der Waals surface area contributed by atoms with Crippen molar-refractivity contribution in [2.45, 2.75) is 25.9 Å². The summed E-state index contributed by atoms with van der Waals surface area (Å²) in [5.74, 6) is 0.542. The number of amides is 1. The molecule has 1 amide bonds. The highest BCUT2D eigenvalue weighted by molar-refractivity contribution is 7.14. The van der Waals surface area contributed by atoms with Crippen LogP contribution in [0, 0.1) is 6.92 Å². The van der Waals surface area contributed by atoms with Gasteiger partial charge in [0.15, 0.2) is 5.13 Å². The third kappa shape index (κ3) is 4.19. The molecule has 31 heavy (non-hydrogen) atoms. The number of fused-ring (bicyclic) bond motifs is 1. The highest BCUT2D eigenvalue weighted by Crippen LogP contribution is 2.34. The largest absolute Gasteiger partial charge is 0.491 e. The monoisotopic (exact) mass is 433 g/mol. The van der Waals surface area contributed by atoms with Crippen LogP contribution >= 0.6 is 11.3 Å². The van der Waals surface area contributed by atoms with Crippen LogP contribution in [0.15, 0.2) is 53.9 Å². The molecule has 158 valence electrons. The summed E-state index contributed by atoms with van der Waals surface area (Å²) in [6, 6.07) is 15.3. The summed E-state index contributed by atoms with van der Waals surface area (Å²) in [4.78, 5) is 20.7. The van der Waals surface area contributed by atoms with Crippen molar-refractivity contribution in [3.05, 3.63) is 65.2 Å². The molecule has 0 aliphatic carbocycles. The van der Waals surface area contributed by atoms with E-state index in [1.807, 2.05) is 36.6 Å². The molecule has 1 atom stereocenters. The normalized spacial score (nSPS) is 16.0. The Hall–Kier alpha value is -3.16.